The van der Waals surface area contributed by atoms with E-state index in [0.717, 1.165) is 24.7 Å². The summed E-state index contributed by atoms with van der Waals surface area (Å²) in [5.41, 5.74) is 0.703. The first kappa shape index (κ1) is 19.3. The first-order chi connectivity index (χ1) is 12.6. The lowest BCUT2D eigenvalue weighted by atomic mass is 10.2. The molecule has 6 heteroatoms. The number of aliphatic carboxylic acids is 1. The van der Waals surface area contributed by atoms with Crippen molar-refractivity contribution in [2.45, 2.75) is 26.2 Å². The van der Waals surface area contributed by atoms with Gasteiger partial charge in [0.25, 0.3) is 0 Å². The molecule has 0 aliphatic rings. The average Bonchev–Trinajstić information content (AvgIpc) is 2.63. The van der Waals surface area contributed by atoms with E-state index in [0.29, 0.717) is 23.7 Å². The number of hydrogen-bond donors (Lipinski definition) is 2. The molecule has 26 heavy (non-hydrogen) atoms. The molecule has 2 rings (SSSR count). The Kier molecular flexibility index (Phi) is 7.51. The molecular formula is C20H22O6. The second-order valence-electron chi connectivity index (χ2n) is 5.46. The molecule has 0 aromatic heterocycles. The van der Waals surface area contributed by atoms with Crippen molar-refractivity contribution in [1.29, 1.82) is 0 Å². The van der Waals surface area contributed by atoms with Crippen LogP contribution >= 0.6 is 0 Å². The van der Waals surface area contributed by atoms with Gasteiger partial charge in [0, 0.05) is 6.08 Å². The van der Waals surface area contributed by atoms with Crippen molar-refractivity contribution in [3.8, 4) is 17.2 Å². The minimum atomic E-state index is -1.47. The van der Waals surface area contributed by atoms with E-state index in [1.54, 1.807) is 48.5 Å². The molecule has 2 aromatic rings. The molecule has 0 amide bonds. The molecule has 2 aromatic carbocycles. The van der Waals surface area contributed by atoms with Crippen molar-refractivity contribution in [2.75, 3.05) is 6.61 Å². The van der Waals surface area contributed by atoms with E-state index in [2.05, 4.69) is 6.92 Å². The van der Waals surface area contributed by atoms with Gasteiger partial charge in [0.1, 0.15) is 17.2 Å². The quantitative estimate of drug-likeness (QED) is 0.383. The summed E-state index contributed by atoms with van der Waals surface area (Å²) >= 11 is 0. The van der Waals surface area contributed by atoms with Gasteiger partial charge in [0.2, 0.25) is 0 Å². The van der Waals surface area contributed by atoms with E-state index in [-0.39, 0.29) is 0 Å². The molecule has 0 heterocycles. The van der Waals surface area contributed by atoms with E-state index in [1.807, 2.05) is 0 Å². The molecule has 0 aliphatic carbocycles. The van der Waals surface area contributed by atoms with Gasteiger partial charge in [-0.15, -0.1) is 0 Å². The highest BCUT2D eigenvalue weighted by atomic mass is 16.8. The lowest BCUT2D eigenvalue weighted by Crippen LogP contribution is -2.22. The molecule has 0 saturated heterocycles. The van der Waals surface area contributed by atoms with E-state index in [9.17, 15) is 9.90 Å². The summed E-state index contributed by atoms with van der Waals surface area (Å²) in [7, 11) is 0. The van der Waals surface area contributed by atoms with Gasteiger partial charge in [-0.05, 0) is 54.5 Å². The Balaban J connectivity index is 1.84. The van der Waals surface area contributed by atoms with Gasteiger partial charge in [-0.25, -0.2) is 4.79 Å². The minimum absolute atomic E-state index is 0.393. The van der Waals surface area contributed by atoms with Gasteiger partial charge < -0.3 is 24.4 Å². The average molecular weight is 358 g/mol. The Morgan fingerprint density at radius 1 is 1.00 bits per heavy atom. The van der Waals surface area contributed by atoms with Crippen molar-refractivity contribution >= 4 is 12.0 Å². The van der Waals surface area contributed by atoms with Gasteiger partial charge >= 0.3 is 12.4 Å². The van der Waals surface area contributed by atoms with Gasteiger partial charge in [0.15, 0.2) is 0 Å². The Labute approximate surface area is 152 Å². The number of benzene rings is 2. The molecule has 0 radical (unpaired) electrons. The van der Waals surface area contributed by atoms with E-state index < -0.39 is 12.4 Å². The van der Waals surface area contributed by atoms with Crippen LogP contribution in [0.4, 0.5) is 0 Å². The summed E-state index contributed by atoms with van der Waals surface area (Å²) in [4.78, 5) is 10.5. The predicted octanol–water partition coefficient (Wildman–Crippen LogP) is 3.70. The van der Waals surface area contributed by atoms with Crippen LogP contribution in [-0.2, 0) is 4.79 Å². The van der Waals surface area contributed by atoms with Crippen LogP contribution < -0.4 is 14.2 Å². The molecule has 6 nitrogen and oxygen atoms in total. The second-order valence-corrected chi connectivity index (χ2v) is 5.46. The van der Waals surface area contributed by atoms with Crippen LogP contribution in [0.3, 0.4) is 0 Å². The van der Waals surface area contributed by atoms with Crippen molar-refractivity contribution in [2.24, 2.45) is 0 Å². The monoisotopic (exact) mass is 358 g/mol. The smallest absolute Gasteiger partial charge is 0.358 e. The SMILES string of the molecule is CCCCOc1ccc(OC(O)Oc2ccc(/C=C/C(=O)O)cc2)cc1. The predicted molar refractivity (Wildman–Crippen MR) is 97.2 cm³/mol. The highest BCUT2D eigenvalue weighted by Gasteiger charge is 2.08. The van der Waals surface area contributed by atoms with E-state index in [1.165, 1.54) is 6.08 Å². The number of aliphatic hydroxyl groups excluding tert-OH is 1. The summed E-state index contributed by atoms with van der Waals surface area (Å²) in [6, 6.07) is 13.5. The van der Waals surface area contributed by atoms with Crippen LogP contribution in [0.15, 0.2) is 54.6 Å². The molecule has 0 fully saturated rings. The maximum absolute atomic E-state index is 10.5. The topological polar surface area (TPSA) is 85.2 Å². The minimum Gasteiger partial charge on any atom is -0.494 e. The van der Waals surface area contributed by atoms with Gasteiger partial charge in [-0.1, -0.05) is 25.5 Å². The van der Waals surface area contributed by atoms with Gasteiger partial charge in [-0.3, -0.25) is 0 Å². The van der Waals surface area contributed by atoms with Crippen molar-refractivity contribution in [3.63, 3.8) is 0 Å². The number of unbranched alkanes of at least 4 members (excludes halogenated alkanes) is 1. The number of ether oxygens (including phenoxy) is 3. The van der Waals surface area contributed by atoms with Crippen molar-refractivity contribution in [1.82, 2.24) is 0 Å². The molecule has 1 atom stereocenters. The first-order valence-corrected chi connectivity index (χ1v) is 8.32. The number of carbonyl (C=O) groups is 1. The lowest BCUT2D eigenvalue weighted by Gasteiger charge is -2.15. The Hall–Kier alpha value is -2.99. The number of aliphatic hydroxyl groups is 1. The van der Waals surface area contributed by atoms with E-state index >= 15 is 0 Å². The molecule has 2 N–H and O–H groups in total. The van der Waals surface area contributed by atoms with E-state index in [4.69, 9.17) is 19.3 Å². The summed E-state index contributed by atoms with van der Waals surface area (Å²) in [6.45, 7) is 1.30. The molecule has 1 unspecified atom stereocenters. The van der Waals surface area contributed by atoms with Crippen LogP contribution in [0.1, 0.15) is 25.3 Å². The van der Waals surface area contributed by atoms with Crippen LogP contribution in [-0.4, -0.2) is 29.3 Å². The maximum atomic E-state index is 10.5. The zero-order valence-electron chi connectivity index (χ0n) is 14.5. The normalized spacial score (nSPS) is 11.9. The third-order valence-corrected chi connectivity index (χ3v) is 3.36. The number of rotatable bonds is 10. The highest BCUT2D eigenvalue weighted by molar-refractivity contribution is 5.85. The number of carboxylic acids is 1. The zero-order valence-corrected chi connectivity index (χ0v) is 14.5. The highest BCUT2D eigenvalue weighted by Crippen LogP contribution is 2.20. The molecule has 138 valence electrons. The van der Waals surface area contributed by atoms with Gasteiger partial charge in [0.05, 0.1) is 6.61 Å². The number of hydrogen-bond acceptors (Lipinski definition) is 5. The fourth-order valence-corrected chi connectivity index (χ4v) is 2.03. The molecule has 0 saturated carbocycles. The van der Waals surface area contributed by atoms with Crippen LogP contribution in [0.2, 0.25) is 0 Å². The molecule has 0 aliphatic heterocycles. The molecular weight excluding hydrogens is 336 g/mol. The lowest BCUT2D eigenvalue weighted by molar-refractivity contribution is -0.160. The fourth-order valence-electron chi connectivity index (χ4n) is 2.03. The third kappa shape index (κ3) is 6.86. The molecule has 0 spiro atoms. The maximum Gasteiger partial charge on any atom is 0.358 e. The Bertz CT molecular complexity index is 706. The Morgan fingerprint density at radius 2 is 1.54 bits per heavy atom. The molecule has 0 bridgehead atoms. The second kappa shape index (κ2) is 10.1. The first-order valence-electron chi connectivity index (χ1n) is 8.32. The largest absolute Gasteiger partial charge is 0.494 e. The van der Waals surface area contributed by atoms with Crippen LogP contribution in [0.5, 0.6) is 17.2 Å². The standard InChI is InChI=1S/C20H22O6/c1-2-3-14-24-16-9-11-18(12-10-16)26-20(23)25-17-7-4-15(5-8-17)6-13-19(21)22/h4-13,20,23H,2-3,14H2,1H3,(H,21,22)/b13-6+. The van der Waals surface area contributed by atoms with Crippen LogP contribution in [0, 0.1) is 0 Å². The number of carboxylic acid groups (broad SMARTS) is 1. The van der Waals surface area contributed by atoms with Crippen molar-refractivity contribution in [3.05, 3.63) is 60.2 Å². The zero-order chi connectivity index (χ0) is 18.8. The Morgan fingerprint density at radius 3 is 2.08 bits per heavy atom. The van der Waals surface area contributed by atoms with Crippen molar-refractivity contribution < 1.29 is 29.2 Å². The third-order valence-electron chi connectivity index (χ3n) is 3.36. The fraction of sp³-hybridized carbons (Fsp3) is 0.250. The summed E-state index contributed by atoms with van der Waals surface area (Å²) in [5, 5.41) is 18.5. The van der Waals surface area contributed by atoms with Gasteiger partial charge in [-0.2, -0.15) is 0 Å². The summed E-state index contributed by atoms with van der Waals surface area (Å²) in [6.07, 6.45) is 4.57. The summed E-state index contributed by atoms with van der Waals surface area (Å²) in [5.74, 6) is 0.563. The van der Waals surface area contributed by atoms with Crippen LogP contribution in [0.25, 0.3) is 6.08 Å². The summed E-state index contributed by atoms with van der Waals surface area (Å²) < 4.78 is 16.1.